The molecule has 0 spiro atoms. The van der Waals surface area contributed by atoms with Crippen LogP contribution in [-0.2, 0) is 0 Å². The van der Waals surface area contributed by atoms with Crippen LogP contribution in [0.3, 0.4) is 0 Å². The lowest BCUT2D eigenvalue weighted by molar-refractivity contribution is -0.385. The van der Waals surface area contributed by atoms with Crippen molar-refractivity contribution in [3.63, 3.8) is 0 Å². The van der Waals surface area contributed by atoms with Crippen LogP contribution < -0.4 is 0 Å². The van der Waals surface area contributed by atoms with Crippen LogP contribution in [0.4, 0.5) is 11.4 Å². The zero-order valence-corrected chi connectivity index (χ0v) is 13.5. The van der Waals surface area contributed by atoms with Crippen molar-refractivity contribution in [1.82, 2.24) is 0 Å². The van der Waals surface area contributed by atoms with Crippen molar-refractivity contribution < 1.29 is 14.6 Å². The maximum atomic E-state index is 12.4. The van der Waals surface area contributed by atoms with Gasteiger partial charge in [0.1, 0.15) is 5.38 Å². The average molecular weight is 369 g/mol. The van der Waals surface area contributed by atoms with Crippen LogP contribution in [0.25, 0.3) is 0 Å². The number of alkyl halides is 2. The molecule has 0 aromatic heterocycles. The molecule has 0 unspecified atom stereocenters. The Kier molecular flexibility index (Phi) is 5.48. The molecule has 2 atom stereocenters. The van der Waals surface area contributed by atoms with Gasteiger partial charge in [0.25, 0.3) is 11.4 Å². The number of hydrogen-bond donors (Lipinski definition) is 0. The lowest BCUT2D eigenvalue weighted by atomic mass is 10.0. The number of non-ortho nitro benzene ring substituents is 2. The Morgan fingerprint density at radius 1 is 0.917 bits per heavy atom. The Morgan fingerprint density at radius 2 is 1.50 bits per heavy atom. The van der Waals surface area contributed by atoms with Crippen LogP contribution in [-0.4, -0.2) is 21.0 Å². The van der Waals surface area contributed by atoms with Crippen molar-refractivity contribution in [2.24, 2.45) is 0 Å². The topological polar surface area (TPSA) is 103 Å². The molecule has 0 aliphatic rings. The van der Waals surface area contributed by atoms with E-state index in [1.807, 2.05) is 0 Å². The molecule has 0 saturated heterocycles. The number of carbonyl (C=O) groups is 1. The Balaban J connectivity index is 2.21. The maximum absolute atomic E-state index is 12.4. The normalized spacial score (nSPS) is 13.1. The molecule has 24 heavy (non-hydrogen) atoms. The molecular weight excluding hydrogens is 359 g/mol. The number of nitro groups is 2. The van der Waals surface area contributed by atoms with Gasteiger partial charge in [0.2, 0.25) is 0 Å². The zero-order chi connectivity index (χ0) is 17.9. The number of rotatable bonds is 6. The van der Waals surface area contributed by atoms with Crippen LogP contribution in [0.1, 0.15) is 21.3 Å². The predicted molar refractivity (Wildman–Crippen MR) is 88.8 cm³/mol. The third-order valence-corrected chi connectivity index (χ3v) is 4.35. The maximum Gasteiger partial charge on any atom is 0.270 e. The van der Waals surface area contributed by atoms with Gasteiger partial charge in [0.05, 0.1) is 15.2 Å². The van der Waals surface area contributed by atoms with Gasteiger partial charge in [0.15, 0.2) is 5.78 Å². The number of Topliss-reactive ketones (excluding diaryl/α,β-unsaturated/α-hetero) is 1. The number of halogens is 2. The Morgan fingerprint density at radius 3 is 2.04 bits per heavy atom. The largest absolute Gasteiger partial charge is 0.292 e. The Hall–Kier alpha value is -2.51. The first-order valence-electron chi connectivity index (χ1n) is 6.62. The van der Waals surface area contributed by atoms with Gasteiger partial charge in [0, 0.05) is 29.8 Å². The molecule has 9 heteroatoms. The molecule has 2 rings (SSSR count). The smallest absolute Gasteiger partial charge is 0.270 e. The number of nitro benzene ring substituents is 2. The van der Waals surface area contributed by atoms with Gasteiger partial charge in [-0.2, -0.15) is 0 Å². The summed E-state index contributed by atoms with van der Waals surface area (Å²) >= 11 is 12.3. The summed E-state index contributed by atoms with van der Waals surface area (Å²) in [5, 5.41) is 19.3. The molecule has 0 bridgehead atoms. The number of ketones is 1. The summed E-state index contributed by atoms with van der Waals surface area (Å²) in [7, 11) is 0. The van der Waals surface area contributed by atoms with Crippen molar-refractivity contribution in [3.05, 3.63) is 79.9 Å². The van der Waals surface area contributed by atoms with E-state index in [4.69, 9.17) is 23.2 Å². The van der Waals surface area contributed by atoms with E-state index in [9.17, 15) is 25.0 Å². The molecule has 124 valence electrons. The molecule has 7 nitrogen and oxygen atoms in total. The number of carbonyl (C=O) groups excluding carboxylic acids is 1. The van der Waals surface area contributed by atoms with Gasteiger partial charge in [-0.3, -0.25) is 25.0 Å². The standard InChI is InChI=1S/C15H10Cl2N2O5/c16-13(9-4-6-11(7-5-9)18(21)22)14(17)15(20)10-2-1-3-12(8-10)19(23)24/h1-8,13-14H/t13-,14-/m0/s1. The minimum atomic E-state index is -1.19. The first kappa shape index (κ1) is 17.8. The molecular formula is C15H10Cl2N2O5. The highest BCUT2D eigenvalue weighted by atomic mass is 35.5. The van der Waals surface area contributed by atoms with E-state index in [1.54, 1.807) is 0 Å². The fourth-order valence-corrected chi connectivity index (χ4v) is 2.55. The van der Waals surface area contributed by atoms with Gasteiger partial charge >= 0.3 is 0 Å². The lowest BCUT2D eigenvalue weighted by Gasteiger charge is -2.15. The Bertz CT molecular complexity index is 795. The third kappa shape index (κ3) is 3.87. The summed E-state index contributed by atoms with van der Waals surface area (Å²) in [5.74, 6) is -0.571. The van der Waals surface area contributed by atoms with Crippen molar-refractivity contribution in [2.45, 2.75) is 10.8 Å². The Labute approximate surface area is 146 Å². The highest BCUT2D eigenvalue weighted by molar-refractivity contribution is 6.39. The summed E-state index contributed by atoms with van der Waals surface area (Å²) in [4.78, 5) is 32.6. The quantitative estimate of drug-likeness (QED) is 0.327. The molecule has 0 fully saturated rings. The molecule has 0 aliphatic heterocycles. The first-order chi connectivity index (χ1) is 11.3. The van der Waals surface area contributed by atoms with Crippen LogP contribution in [0, 0.1) is 20.2 Å². The van der Waals surface area contributed by atoms with Crippen LogP contribution in [0.15, 0.2) is 48.5 Å². The summed E-state index contributed by atoms with van der Waals surface area (Å²) in [5.41, 5.74) is 0.155. The van der Waals surface area contributed by atoms with E-state index in [0.717, 1.165) is 6.07 Å². The highest BCUT2D eigenvalue weighted by Gasteiger charge is 2.28. The van der Waals surface area contributed by atoms with E-state index in [1.165, 1.54) is 42.5 Å². The fourth-order valence-electron chi connectivity index (χ4n) is 2.01. The molecule has 0 saturated carbocycles. The van der Waals surface area contributed by atoms with Crippen molar-refractivity contribution >= 4 is 40.4 Å². The second-order valence-corrected chi connectivity index (χ2v) is 5.76. The van der Waals surface area contributed by atoms with Crippen molar-refractivity contribution in [1.29, 1.82) is 0 Å². The monoisotopic (exact) mass is 368 g/mol. The first-order valence-corrected chi connectivity index (χ1v) is 7.49. The van der Waals surface area contributed by atoms with Crippen molar-refractivity contribution in [2.75, 3.05) is 0 Å². The second kappa shape index (κ2) is 7.37. The zero-order valence-electron chi connectivity index (χ0n) is 12.0. The second-order valence-electron chi connectivity index (χ2n) is 4.82. The van der Waals surface area contributed by atoms with Crippen molar-refractivity contribution in [3.8, 4) is 0 Å². The number of hydrogen-bond acceptors (Lipinski definition) is 5. The van der Waals surface area contributed by atoms with E-state index >= 15 is 0 Å². The SMILES string of the molecule is O=C(c1cccc([N+](=O)[O-])c1)[C@@H](Cl)[C@@H](Cl)c1ccc([N+](=O)[O-])cc1. The molecule has 0 aliphatic carbocycles. The van der Waals surface area contributed by atoms with E-state index < -0.39 is 26.4 Å². The molecule has 0 N–H and O–H groups in total. The molecule has 0 radical (unpaired) electrons. The van der Waals surface area contributed by atoms with E-state index in [-0.39, 0.29) is 16.9 Å². The van der Waals surface area contributed by atoms with Gasteiger partial charge < -0.3 is 0 Å². The number of benzene rings is 2. The van der Waals surface area contributed by atoms with Crippen LogP contribution >= 0.6 is 23.2 Å². The molecule has 0 amide bonds. The molecule has 2 aromatic rings. The minimum absolute atomic E-state index is 0.0664. The predicted octanol–water partition coefficient (Wildman–Crippen LogP) is 4.27. The summed E-state index contributed by atoms with van der Waals surface area (Å²) < 4.78 is 0. The van der Waals surface area contributed by atoms with E-state index in [2.05, 4.69) is 0 Å². The van der Waals surface area contributed by atoms with Crippen LogP contribution in [0.2, 0.25) is 0 Å². The lowest BCUT2D eigenvalue weighted by Crippen LogP contribution is -2.20. The van der Waals surface area contributed by atoms with Gasteiger partial charge in [-0.1, -0.05) is 24.3 Å². The highest BCUT2D eigenvalue weighted by Crippen LogP contribution is 2.31. The minimum Gasteiger partial charge on any atom is -0.292 e. The van der Waals surface area contributed by atoms with Crippen LogP contribution in [0.5, 0.6) is 0 Å². The van der Waals surface area contributed by atoms with Gasteiger partial charge in [-0.05, 0) is 5.56 Å². The van der Waals surface area contributed by atoms with Gasteiger partial charge in [-0.25, -0.2) is 0 Å². The fraction of sp³-hybridized carbons (Fsp3) is 0.133. The van der Waals surface area contributed by atoms with Gasteiger partial charge in [-0.15, -0.1) is 23.2 Å². The third-order valence-electron chi connectivity index (χ3n) is 3.27. The molecule has 0 heterocycles. The average Bonchev–Trinajstić information content (AvgIpc) is 2.60. The summed E-state index contributed by atoms with van der Waals surface area (Å²) in [6.45, 7) is 0. The summed E-state index contributed by atoms with van der Waals surface area (Å²) in [6.07, 6.45) is 0. The van der Waals surface area contributed by atoms with E-state index in [0.29, 0.717) is 5.56 Å². The molecule has 2 aromatic carbocycles. The summed E-state index contributed by atoms with van der Waals surface area (Å²) in [6, 6.07) is 10.5. The number of nitrogens with zero attached hydrogens (tertiary/aromatic N) is 2.